The first-order valence-electron chi connectivity index (χ1n) is 5.04. The maximum Gasteiger partial charge on any atom is 0.0317 e. The molecule has 0 aliphatic heterocycles. The quantitative estimate of drug-likeness (QED) is 0.670. The molecule has 1 rings (SSSR count). The molecule has 0 saturated heterocycles. The van der Waals surface area contributed by atoms with E-state index in [9.17, 15) is 0 Å². The van der Waals surface area contributed by atoms with Crippen LogP contribution >= 0.6 is 0 Å². The molecule has 1 unspecified atom stereocenters. The highest BCUT2D eigenvalue weighted by Crippen LogP contribution is 2.16. The molecule has 1 atom stereocenters. The topological polar surface area (TPSA) is 0 Å². The molecule has 0 aromatic heterocycles. The van der Waals surface area contributed by atoms with E-state index >= 15 is 0 Å². The van der Waals surface area contributed by atoms with E-state index in [1.807, 2.05) is 0 Å². The van der Waals surface area contributed by atoms with Gasteiger partial charge in [0, 0.05) is 16.6 Å². The van der Waals surface area contributed by atoms with Crippen molar-refractivity contribution < 1.29 is 0 Å². The normalized spacial score (nSPS) is 15.1. The Morgan fingerprint density at radius 1 is 1.08 bits per heavy atom. The molecule has 13 heavy (non-hydrogen) atoms. The van der Waals surface area contributed by atoms with E-state index in [-0.39, 0.29) is 9.04 Å². The number of rotatable bonds is 3. The zero-order valence-electron chi connectivity index (χ0n) is 9.17. The molecule has 0 amide bonds. The summed E-state index contributed by atoms with van der Waals surface area (Å²) in [5, 5.41) is 0. The van der Waals surface area contributed by atoms with Gasteiger partial charge in [-0.05, 0) is 11.1 Å². The van der Waals surface area contributed by atoms with Crippen LogP contribution in [0.2, 0.25) is 19.6 Å². The molecular weight excluding hydrogens is 188 g/mol. The van der Waals surface area contributed by atoms with E-state index in [1.54, 1.807) is 5.56 Å². The molecule has 2 heteroatoms. The monoisotopic (exact) mass is 208 g/mol. The van der Waals surface area contributed by atoms with Crippen molar-refractivity contribution in [3.63, 3.8) is 0 Å². The van der Waals surface area contributed by atoms with Gasteiger partial charge in [0.1, 0.15) is 0 Å². The van der Waals surface area contributed by atoms with Gasteiger partial charge in [-0.1, -0.05) is 56.9 Å². The van der Waals surface area contributed by atoms with Gasteiger partial charge in [0.2, 0.25) is 0 Å². The zero-order chi connectivity index (χ0) is 9.90. The van der Waals surface area contributed by atoms with E-state index in [0.29, 0.717) is 0 Å². The maximum atomic E-state index is 2.50. The van der Waals surface area contributed by atoms with Gasteiger partial charge < -0.3 is 0 Å². The van der Waals surface area contributed by atoms with E-state index < -0.39 is 7.59 Å². The number of hydrogen-bond acceptors (Lipinski definition) is 0. The van der Waals surface area contributed by atoms with Crippen molar-refractivity contribution >= 4 is 16.6 Å². The van der Waals surface area contributed by atoms with Crippen LogP contribution in [0, 0.1) is 0 Å². The van der Waals surface area contributed by atoms with Crippen LogP contribution in [0.1, 0.15) is 18.0 Å². The summed E-state index contributed by atoms with van der Waals surface area (Å²) < 4.78 is 0. The molecule has 0 N–H and O–H groups in total. The average molecular weight is 208 g/mol. The van der Waals surface area contributed by atoms with Gasteiger partial charge in [-0.3, -0.25) is 0 Å². The summed E-state index contributed by atoms with van der Waals surface area (Å²) >= 11 is 0. The number of benzene rings is 1. The van der Waals surface area contributed by atoms with Crippen LogP contribution in [-0.2, 0) is 0 Å². The summed E-state index contributed by atoms with van der Waals surface area (Å²) in [7, 11) is -0.650. The van der Waals surface area contributed by atoms with Crippen molar-refractivity contribution in [3.05, 3.63) is 35.9 Å². The largest absolute Gasteiger partial charge is 0.0719 e. The van der Waals surface area contributed by atoms with Crippen LogP contribution in [-0.4, -0.2) is 16.6 Å². The van der Waals surface area contributed by atoms with Crippen LogP contribution in [0.4, 0.5) is 0 Å². The first-order chi connectivity index (χ1) is 5.99. The summed E-state index contributed by atoms with van der Waals surface area (Å²) in [5.41, 5.74) is 2.42. The lowest BCUT2D eigenvalue weighted by molar-refractivity contribution is 1.07. The molecular formula is C11H20Si2. The molecule has 1 aromatic rings. The lowest BCUT2D eigenvalue weighted by atomic mass is 10.2. The third-order valence-electron chi connectivity index (χ3n) is 2.29. The van der Waals surface area contributed by atoms with Crippen LogP contribution in [0.15, 0.2) is 30.3 Å². The Morgan fingerprint density at radius 2 is 1.62 bits per heavy atom. The van der Waals surface area contributed by atoms with Gasteiger partial charge in [0.15, 0.2) is 0 Å². The Hall–Kier alpha value is -0.346. The molecule has 0 fully saturated rings. The van der Waals surface area contributed by atoms with Crippen molar-refractivity contribution in [1.82, 2.24) is 0 Å². The SMILES string of the molecule is CC([SiH2][Si](C)(C)C)c1ccccc1. The van der Waals surface area contributed by atoms with Gasteiger partial charge in [-0.25, -0.2) is 0 Å². The molecule has 0 heterocycles. The number of hydrogen-bond donors (Lipinski definition) is 0. The Kier molecular flexibility index (Phi) is 3.50. The first kappa shape index (κ1) is 10.7. The highest BCUT2D eigenvalue weighted by Gasteiger charge is 2.18. The summed E-state index contributed by atoms with van der Waals surface area (Å²) in [6.07, 6.45) is 0. The predicted octanol–water partition coefficient (Wildman–Crippen LogP) is 2.75. The Labute approximate surface area is 85.0 Å². The van der Waals surface area contributed by atoms with Crippen molar-refractivity contribution in [2.75, 3.05) is 0 Å². The van der Waals surface area contributed by atoms with Gasteiger partial charge in [-0.15, -0.1) is 0 Å². The predicted molar refractivity (Wildman–Crippen MR) is 66.7 cm³/mol. The molecule has 0 radical (unpaired) electrons. The minimum atomic E-state index is -0.764. The highest BCUT2D eigenvalue weighted by molar-refractivity contribution is 7.23. The maximum absolute atomic E-state index is 2.50. The second-order valence-electron chi connectivity index (χ2n) is 5.08. The fourth-order valence-electron chi connectivity index (χ4n) is 1.82. The molecule has 0 nitrogen and oxygen atoms in total. The minimum absolute atomic E-state index is 0.115. The Morgan fingerprint density at radius 3 is 2.08 bits per heavy atom. The molecule has 1 aromatic carbocycles. The molecule has 72 valence electrons. The summed E-state index contributed by atoms with van der Waals surface area (Å²) in [5.74, 6) is 0. The van der Waals surface area contributed by atoms with E-state index in [4.69, 9.17) is 0 Å². The Bertz CT molecular complexity index is 249. The van der Waals surface area contributed by atoms with Crippen LogP contribution in [0.25, 0.3) is 0 Å². The lowest BCUT2D eigenvalue weighted by Gasteiger charge is -2.20. The van der Waals surface area contributed by atoms with E-state index in [0.717, 1.165) is 5.54 Å². The van der Waals surface area contributed by atoms with Crippen LogP contribution in [0.5, 0.6) is 0 Å². The van der Waals surface area contributed by atoms with Crippen molar-refractivity contribution in [3.8, 4) is 0 Å². The summed E-state index contributed by atoms with van der Waals surface area (Å²) in [6.45, 7) is 9.90. The van der Waals surface area contributed by atoms with Crippen molar-refractivity contribution in [2.45, 2.75) is 32.1 Å². The molecule has 0 aliphatic rings. The first-order valence-corrected chi connectivity index (χ1v) is 11.7. The fraction of sp³-hybridized carbons (Fsp3) is 0.455. The van der Waals surface area contributed by atoms with E-state index in [2.05, 4.69) is 56.9 Å². The van der Waals surface area contributed by atoms with Gasteiger partial charge in [0.25, 0.3) is 0 Å². The van der Waals surface area contributed by atoms with Gasteiger partial charge in [-0.2, -0.15) is 0 Å². The second kappa shape index (κ2) is 4.24. The van der Waals surface area contributed by atoms with Crippen LogP contribution < -0.4 is 0 Å². The molecule has 0 saturated carbocycles. The second-order valence-corrected chi connectivity index (χ2v) is 19.4. The van der Waals surface area contributed by atoms with Crippen molar-refractivity contribution in [2.24, 2.45) is 0 Å². The van der Waals surface area contributed by atoms with Gasteiger partial charge in [0.05, 0.1) is 0 Å². The standard InChI is InChI=1S/C11H20Si2/c1-10(12-13(2,3)4)11-8-6-5-7-9-11/h5-10H,12H2,1-4H3. The third-order valence-corrected chi connectivity index (χ3v) is 10.1. The average Bonchev–Trinajstić information content (AvgIpc) is 2.03. The van der Waals surface area contributed by atoms with Gasteiger partial charge >= 0.3 is 0 Å². The Balaban J connectivity index is 2.64. The zero-order valence-corrected chi connectivity index (χ0v) is 11.6. The highest BCUT2D eigenvalue weighted by atomic mass is 29.2. The lowest BCUT2D eigenvalue weighted by Crippen LogP contribution is -2.33. The van der Waals surface area contributed by atoms with Crippen molar-refractivity contribution in [1.29, 1.82) is 0 Å². The molecule has 0 aliphatic carbocycles. The molecule has 0 spiro atoms. The minimum Gasteiger partial charge on any atom is -0.0719 e. The summed E-state index contributed by atoms with van der Waals surface area (Å²) in [4.78, 5) is 0. The van der Waals surface area contributed by atoms with Crippen LogP contribution in [0.3, 0.4) is 0 Å². The smallest absolute Gasteiger partial charge is 0.0317 e. The third kappa shape index (κ3) is 3.92. The fourth-order valence-corrected chi connectivity index (χ4v) is 10.4. The summed E-state index contributed by atoms with van der Waals surface area (Å²) in [6, 6.07) is 11.0. The molecule has 0 bridgehead atoms. The van der Waals surface area contributed by atoms with E-state index in [1.165, 1.54) is 0 Å².